The van der Waals surface area contributed by atoms with E-state index in [9.17, 15) is 4.79 Å². The smallest absolute Gasteiger partial charge is 0.261 e. The Morgan fingerprint density at radius 1 is 1.32 bits per heavy atom. The van der Waals surface area contributed by atoms with Crippen LogP contribution in [0.4, 0.5) is 0 Å². The third kappa shape index (κ3) is 1.87. The van der Waals surface area contributed by atoms with Crippen molar-refractivity contribution < 1.29 is 0 Å². The van der Waals surface area contributed by atoms with Crippen LogP contribution in [0.2, 0.25) is 0 Å². The highest BCUT2D eigenvalue weighted by atomic mass is 16.1. The highest BCUT2D eigenvalue weighted by Crippen LogP contribution is 2.36. The quantitative estimate of drug-likeness (QED) is 0.744. The van der Waals surface area contributed by atoms with Crippen LogP contribution in [0.5, 0.6) is 0 Å². The van der Waals surface area contributed by atoms with E-state index in [-0.39, 0.29) is 5.56 Å². The van der Waals surface area contributed by atoms with Gasteiger partial charge in [0.15, 0.2) is 0 Å². The molecule has 112 valence electrons. The number of piperidine rings is 1. The zero-order valence-corrected chi connectivity index (χ0v) is 12.6. The van der Waals surface area contributed by atoms with Gasteiger partial charge >= 0.3 is 0 Å². The molecule has 1 saturated heterocycles. The Morgan fingerprint density at radius 3 is 3.00 bits per heavy atom. The first-order valence-electron chi connectivity index (χ1n) is 7.84. The highest BCUT2D eigenvalue weighted by Gasteiger charge is 2.36. The number of nitrogens with zero attached hydrogens (tertiary/aromatic N) is 4. The van der Waals surface area contributed by atoms with Gasteiger partial charge < -0.3 is 4.90 Å². The molecule has 2 atom stereocenters. The van der Waals surface area contributed by atoms with Crippen molar-refractivity contribution >= 4 is 10.9 Å². The van der Waals surface area contributed by atoms with E-state index in [2.05, 4.69) is 18.0 Å². The van der Waals surface area contributed by atoms with Gasteiger partial charge in [0.25, 0.3) is 5.56 Å². The van der Waals surface area contributed by atoms with Gasteiger partial charge in [-0.05, 0) is 51.1 Å². The second kappa shape index (κ2) is 4.92. The summed E-state index contributed by atoms with van der Waals surface area (Å²) in [5.74, 6) is 1.28. The number of aromatic nitrogens is 2. The molecule has 0 saturated carbocycles. The van der Waals surface area contributed by atoms with Gasteiger partial charge in [-0.1, -0.05) is 0 Å². The van der Waals surface area contributed by atoms with E-state index in [1.807, 2.05) is 4.57 Å². The second-order valence-corrected chi connectivity index (χ2v) is 6.36. The summed E-state index contributed by atoms with van der Waals surface area (Å²) in [7, 11) is 2.17. The van der Waals surface area contributed by atoms with E-state index in [1.165, 1.54) is 0 Å². The van der Waals surface area contributed by atoms with Crippen LogP contribution in [0.1, 0.15) is 36.6 Å². The van der Waals surface area contributed by atoms with E-state index < -0.39 is 0 Å². The zero-order chi connectivity index (χ0) is 15.3. The van der Waals surface area contributed by atoms with Gasteiger partial charge in [0, 0.05) is 18.5 Å². The molecule has 5 nitrogen and oxygen atoms in total. The van der Waals surface area contributed by atoms with Crippen LogP contribution in [0.15, 0.2) is 23.0 Å². The van der Waals surface area contributed by atoms with E-state index >= 15 is 0 Å². The molecule has 1 aromatic heterocycles. The molecule has 4 rings (SSSR count). The van der Waals surface area contributed by atoms with Gasteiger partial charge in [-0.3, -0.25) is 9.36 Å². The molecule has 1 aromatic carbocycles. The van der Waals surface area contributed by atoms with Crippen LogP contribution in [-0.4, -0.2) is 34.1 Å². The molecule has 1 fully saturated rings. The number of nitriles is 1. The first-order chi connectivity index (χ1) is 10.7. The predicted molar refractivity (Wildman–Crippen MR) is 83.7 cm³/mol. The third-order valence-corrected chi connectivity index (χ3v) is 5.15. The van der Waals surface area contributed by atoms with Crippen molar-refractivity contribution in [2.24, 2.45) is 0 Å². The summed E-state index contributed by atoms with van der Waals surface area (Å²) in [6, 6.07) is 7.79. The monoisotopic (exact) mass is 294 g/mol. The van der Waals surface area contributed by atoms with Gasteiger partial charge in [-0.2, -0.15) is 5.26 Å². The topological polar surface area (TPSA) is 61.9 Å². The summed E-state index contributed by atoms with van der Waals surface area (Å²) >= 11 is 0. The Bertz CT molecular complexity index is 848. The van der Waals surface area contributed by atoms with Gasteiger partial charge in [-0.25, -0.2) is 4.98 Å². The molecule has 0 N–H and O–H groups in total. The number of likely N-dealkylation sites (N-methyl/N-ethyl adjacent to an activating group) is 1. The molecule has 3 heterocycles. The Labute approximate surface area is 128 Å². The summed E-state index contributed by atoms with van der Waals surface area (Å²) in [5, 5.41) is 9.59. The molecule has 2 aromatic rings. The van der Waals surface area contributed by atoms with Gasteiger partial charge in [-0.15, -0.1) is 0 Å². The van der Waals surface area contributed by atoms with Crippen molar-refractivity contribution in [3.8, 4) is 6.07 Å². The first kappa shape index (κ1) is 13.5. The van der Waals surface area contributed by atoms with Crippen LogP contribution in [0.3, 0.4) is 0 Å². The van der Waals surface area contributed by atoms with Crippen LogP contribution >= 0.6 is 0 Å². The molecule has 0 amide bonds. The Morgan fingerprint density at radius 2 is 2.18 bits per heavy atom. The van der Waals surface area contributed by atoms with E-state index in [4.69, 9.17) is 10.2 Å². The number of rotatable bonds is 0. The van der Waals surface area contributed by atoms with Crippen molar-refractivity contribution in [2.75, 3.05) is 13.6 Å². The SMILES string of the molecule is CN1CCC[C@@H]2c3nc4ccc(C#N)cc4c(=O)n3CC[C@H]21. The fourth-order valence-corrected chi connectivity index (χ4v) is 4.02. The lowest BCUT2D eigenvalue weighted by molar-refractivity contribution is 0.123. The third-order valence-electron chi connectivity index (χ3n) is 5.15. The molecular formula is C17H18N4O. The van der Waals surface area contributed by atoms with E-state index in [0.29, 0.717) is 28.4 Å². The first-order valence-corrected chi connectivity index (χ1v) is 7.84. The van der Waals surface area contributed by atoms with Gasteiger partial charge in [0.1, 0.15) is 5.82 Å². The second-order valence-electron chi connectivity index (χ2n) is 6.36. The minimum Gasteiger partial charge on any atom is -0.303 e. The largest absolute Gasteiger partial charge is 0.303 e. The van der Waals surface area contributed by atoms with Crippen molar-refractivity contribution in [1.29, 1.82) is 5.26 Å². The molecule has 0 bridgehead atoms. The number of fused-ring (bicyclic) bond motifs is 4. The van der Waals surface area contributed by atoms with Crippen molar-refractivity contribution in [3.63, 3.8) is 0 Å². The Hall–Kier alpha value is -2.19. The summed E-state index contributed by atoms with van der Waals surface area (Å²) in [6.07, 6.45) is 3.25. The molecule has 5 heteroatoms. The minimum atomic E-state index is 0.00350. The normalized spacial score (nSPS) is 24.5. The van der Waals surface area contributed by atoms with Crippen molar-refractivity contribution in [2.45, 2.75) is 37.8 Å². The Kier molecular flexibility index (Phi) is 3.02. The molecule has 0 aliphatic carbocycles. The summed E-state index contributed by atoms with van der Waals surface area (Å²) in [4.78, 5) is 20.0. The Balaban J connectivity index is 1.93. The molecule has 0 radical (unpaired) electrons. The standard InChI is InChI=1S/C17H18N4O/c1-20-7-2-3-12-15(20)6-8-21-16(12)19-14-5-4-11(10-18)9-13(14)17(21)22/h4-5,9,12,15H,2-3,6-8H2,1H3/t12-,15+/m0/s1. The fourth-order valence-electron chi connectivity index (χ4n) is 4.02. The average Bonchev–Trinajstić information content (AvgIpc) is 2.55. The van der Waals surface area contributed by atoms with E-state index in [0.717, 1.165) is 38.2 Å². The number of benzene rings is 1. The summed E-state index contributed by atoms with van der Waals surface area (Å²) < 4.78 is 1.84. The predicted octanol–water partition coefficient (Wildman–Crippen LogP) is 1.85. The lowest BCUT2D eigenvalue weighted by Crippen LogP contribution is -2.47. The molecule has 0 unspecified atom stereocenters. The lowest BCUT2D eigenvalue weighted by atomic mass is 9.84. The van der Waals surface area contributed by atoms with Gasteiger partial charge in [0.2, 0.25) is 0 Å². The fraction of sp³-hybridized carbons (Fsp3) is 0.471. The summed E-state index contributed by atoms with van der Waals surface area (Å²) in [5.41, 5.74) is 1.23. The zero-order valence-electron chi connectivity index (χ0n) is 12.6. The van der Waals surface area contributed by atoms with E-state index in [1.54, 1.807) is 18.2 Å². The number of hydrogen-bond donors (Lipinski definition) is 0. The van der Waals surface area contributed by atoms with Crippen LogP contribution in [0, 0.1) is 11.3 Å². The highest BCUT2D eigenvalue weighted by molar-refractivity contribution is 5.79. The molecule has 0 spiro atoms. The molecule has 2 aliphatic rings. The van der Waals surface area contributed by atoms with Crippen molar-refractivity contribution in [3.05, 3.63) is 39.9 Å². The van der Waals surface area contributed by atoms with Crippen LogP contribution in [-0.2, 0) is 6.54 Å². The van der Waals surface area contributed by atoms with Gasteiger partial charge in [0.05, 0.1) is 22.5 Å². The average molecular weight is 294 g/mol. The van der Waals surface area contributed by atoms with Crippen LogP contribution < -0.4 is 5.56 Å². The molecule has 22 heavy (non-hydrogen) atoms. The number of likely N-dealkylation sites (tertiary alicyclic amines) is 1. The minimum absolute atomic E-state index is 0.00350. The molecular weight excluding hydrogens is 276 g/mol. The lowest BCUT2D eigenvalue weighted by Gasteiger charge is -2.42. The van der Waals surface area contributed by atoms with Crippen molar-refractivity contribution in [1.82, 2.24) is 14.5 Å². The molecule has 2 aliphatic heterocycles. The summed E-state index contributed by atoms with van der Waals surface area (Å²) in [6.45, 7) is 1.85. The number of hydrogen-bond acceptors (Lipinski definition) is 4. The maximum absolute atomic E-state index is 12.8. The van der Waals surface area contributed by atoms with Crippen LogP contribution in [0.25, 0.3) is 10.9 Å². The maximum Gasteiger partial charge on any atom is 0.261 e. The maximum atomic E-state index is 12.8.